The first-order valence-corrected chi connectivity index (χ1v) is 10.1. The van der Waals surface area contributed by atoms with Gasteiger partial charge in [0.05, 0.1) is 12.7 Å². The number of rotatable bonds is 7. The van der Waals surface area contributed by atoms with Crippen LogP contribution in [0.5, 0.6) is 11.5 Å². The fourth-order valence-electron chi connectivity index (χ4n) is 3.42. The van der Waals surface area contributed by atoms with Crippen molar-refractivity contribution >= 4 is 17.5 Å². The van der Waals surface area contributed by atoms with Crippen molar-refractivity contribution < 1.29 is 19.1 Å². The van der Waals surface area contributed by atoms with E-state index in [0.29, 0.717) is 34.9 Å². The average Bonchev–Trinajstić information content (AvgIpc) is 2.84. The van der Waals surface area contributed by atoms with Crippen LogP contribution in [0, 0.1) is 0 Å². The molecule has 0 saturated heterocycles. The molecule has 162 valence electrons. The van der Waals surface area contributed by atoms with E-state index in [0.717, 1.165) is 5.56 Å². The van der Waals surface area contributed by atoms with E-state index in [4.69, 9.17) is 9.47 Å². The topological polar surface area (TPSA) is 79.9 Å². The molecule has 3 aromatic rings. The molecule has 32 heavy (non-hydrogen) atoms. The molecule has 0 fully saturated rings. The highest BCUT2D eigenvalue weighted by Crippen LogP contribution is 2.32. The number of fused-ring (bicyclic) bond motifs is 1. The van der Waals surface area contributed by atoms with E-state index in [1.807, 2.05) is 36.4 Å². The maximum atomic E-state index is 13.3. The standard InChI is InChI=1S/C25H23N3O4/c1-3-16-32-20-14-10-18(11-15-20)24(29)27-28-23(17-8-12-19(31-2)13-9-17)26-22-7-5-4-6-21(22)25(28)30/h3-15,23,26H,1,16H2,2H3,(H,27,29)/t23-/m1/s1. The Kier molecular flexibility index (Phi) is 6.07. The average molecular weight is 429 g/mol. The van der Waals surface area contributed by atoms with E-state index in [1.165, 1.54) is 5.01 Å². The van der Waals surface area contributed by atoms with Crippen LogP contribution < -0.4 is 20.2 Å². The van der Waals surface area contributed by atoms with E-state index >= 15 is 0 Å². The normalized spacial score (nSPS) is 14.7. The molecule has 7 heteroatoms. The molecular formula is C25H23N3O4. The highest BCUT2D eigenvalue weighted by molar-refractivity contribution is 6.04. The van der Waals surface area contributed by atoms with Gasteiger partial charge in [-0.05, 0) is 54.1 Å². The van der Waals surface area contributed by atoms with Crippen molar-refractivity contribution in [3.63, 3.8) is 0 Å². The zero-order chi connectivity index (χ0) is 22.5. The zero-order valence-corrected chi connectivity index (χ0v) is 17.6. The smallest absolute Gasteiger partial charge is 0.276 e. The summed E-state index contributed by atoms with van der Waals surface area (Å²) in [5.41, 5.74) is 5.13. The van der Waals surface area contributed by atoms with Gasteiger partial charge >= 0.3 is 0 Å². The van der Waals surface area contributed by atoms with Crippen molar-refractivity contribution in [2.24, 2.45) is 0 Å². The minimum Gasteiger partial charge on any atom is -0.497 e. The van der Waals surface area contributed by atoms with Gasteiger partial charge in [-0.15, -0.1) is 0 Å². The number of carbonyl (C=O) groups is 2. The molecule has 1 atom stereocenters. The van der Waals surface area contributed by atoms with Crippen LogP contribution in [-0.4, -0.2) is 30.5 Å². The zero-order valence-electron chi connectivity index (χ0n) is 17.6. The molecule has 0 bridgehead atoms. The van der Waals surface area contributed by atoms with Gasteiger partial charge in [0.25, 0.3) is 11.8 Å². The van der Waals surface area contributed by atoms with Crippen LogP contribution >= 0.6 is 0 Å². The minimum absolute atomic E-state index is 0.306. The number of nitrogens with one attached hydrogen (secondary N) is 2. The van der Waals surface area contributed by atoms with E-state index < -0.39 is 12.1 Å². The number of hydrazine groups is 1. The minimum atomic E-state index is -0.595. The van der Waals surface area contributed by atoms with Gasteiger partial charge in [-0.2, -0.15) is 0 Å². The van der Waals surface area contributed by atoms with Crippen molar-refractivity contribution in [3.05, 3.63) is 102 Å². The van der Waals surface area contributed by atoms with Crippen LogP contribution in [0.2, 0.25) is 0 Å². The Bertz CT molecular complexity index is 1130. The molecule has 1 aliphatic rings. The summed E-state index contributed by atoms with van der Waals surface area (Å²) >= 11 is 0. The summed E-state index contributed by atoms with van der Waals surface area (Å²) in [4.78, 5) is 26.2. The summed E-state index contributed by atoms with van der Waals surface area (Å²) in [6.07, 6.45) is 1.05. The monoisotopic (exact) mass is 429 g/mol. The Morgan fingerprint density at radius 3 is 2.44 bits per heavy atom. The molecule has 0 radical (unpaired) electrons. The van der Waals surface area contributed by atoms with Crippen molar-refractivity contribution in [2.75, 3.05) is 19.0 Å². The number of hydrogen-bond donors (Lipinski definition) is 2. The third kappa shape index (κ3) is 4.27. The molecule has 1 heterocycles. The number of carbonyl (C=O) groups excluding carboxylic acids is 2. The van der Waals surface area contributed by atoms with E-state index in [1.54, 1.807) is 49.6 Å². The molecule has 2 amide bonds. The summed E-state index contributed by atoms with van der Waals surface area (Å²) < 4.78 is 10.7. The molecule has 1 aliphatic heterocycles. The lowest BCUT2D eigenvalue weighted by Crippen LogP contribution is -2.52. The van der Waals surface area contributed by atoms with Gasteiger partial charge in [0.2, 0.25) is 0 Å². The summed E-state index contributed by atoms with van der Waals surface area (Å²) in [6.45, 7) is 3.99. The fourth-order valence-corrected chi connectivity index (χ4v) is 3.42. The van der Waals surface area contributed by atoms with Crippen LogP contribution in [0.1, 0.15) is 32.4 Å². The van der Waals surface area contributed by atoms with Gasteiger partial charge in [-0.3, -0.25) is 15.0 Å². The number of para-hydroxylation sites is 1. The second-order valence-corrected chi connectivity index (χ2v) is 7.11. The van der Waals surface area contributed by atoms with E-state index in [2.05, 4.69) is 17.3 Å². The molecule has 0 spiro atoms. The number of benzene rings is 3. The van der Waals surface area contributed by atoms with Crippen molar-refractivity contribution in [2.45, 2.75) is 6.17 Å². The Balaban J connectivity index is 1.61. The number of anilines is 1. The van der Waals surface area contributed by atoms with Crippen molar-refractivity contribution in [1.29, 1.82) is 0 Å². The molecule has 7 nitrogen and oxygen atoms in total. The second-order valence-electron chi connectivity index (χ2n) is 7.11. The SMILES string of the molecule is C=CCOc1ccc(C(=O)NN2C(=O)c3ccccc3N[C@H]2c2ccc(OC)cc2)cc1. The largest absolute Gasteiger partial charge is 0.497 e. The first-order valence-electron chi connectivity index (χ1n) is 10.1. The third-order valence-corrected chi connectivity index (χ3v) is 5.06. The van der Waals surface area contributed by atoms with Gasteiger partial charge in [0.15, 0.2) is 0 Å². The Morgan fingerprint density at radius 2 is 1.75 bits per heavy atom. The molecule has 0 aromatic heterocycles. The Morgan fingerprint density at radius 1 is 1.06 bits per heavy atom. The van der Waals surface area contributed by atoms with Crippen LogP contribution in [0.4, 0.5) is 5.69 Å². The molecule has 4 rings (SSSR count). The summed E-state index contributed by atoms with van der Waals surface area (Å²) in [6, 6.07) is 21.2. The van der Waals surface area contributed by atoms with Gasteiger partial charge in [0.1, 0.15) is 24.3 Å². The quantitative estimate of drug-likeness (QED) is 0.551. The molecular weight excluding hydrogens is 406 g/mol. The lowest BCUT2D eigenvalue weighted by Gasteiger charge is -2.37. The Labute approximate surface area is 186 Å². The number of nitrogens with zero attached hydrogens (tertiary/aromatic N) is 1. The predicted octanol–water partition coefficient (Wildman–Crippen LogP) is 4.17. The van der Waals surface area contributed by atoms with Crippen LogP contribution in [-0.2, 0) is 0 Å². The number of hydrogen-bond acceptors (Lipinski definition) is 5. The van der Waals surface area contributed by atoms with Gasteiger partial charge < -0.3 is 14.8 Å². The molecule has 3 aromatic carbocycles. The van der Waals surface area contributed by atoms with Crippen LogP contribution in [0.3, 0.4) is 0 Å². The highest BCUT2D eigenvalue weighted by atomic mass is 16.5. The van der Waals surface area contributed by atoms with Gasteiger partial charge in [-0.25, -0.2) is 5.01 Å². The number of ether oxygens (including phenoxy) is 2. The maximum absolute atomic E-state index is 13.3. The highest BCUT2D eigenvalue weighted by Gasteiger charge is 2.34. The predicted molar refractivity (Wildman–Crippen MR) is 122 cm³/mol. The van der Waals surface area contributed by atoms with Crippen LogP contribution in [0.25, 0.3) is 0 Å². The first-order chi connectivity index (χ1) is 15.6. The molecule has 0 saturated carbocycles. The number of amides is 2. The summed E-state index contributed by atoms with van der Waals surface area (Å²) in [7, 11) is 1.59. The van der Waals surface area contributed by atoms with E-state index in [-0.39, 0.29) is 5.91 Å². The second kappa shape index (κ2) is 9.26. The van der Waals surface area contributed by atoms with Gasteiger partial charge in [-0.1, -0.05) is 36.9 Å². The Hall–Kier alpha value is -4.26. The first kappa shape index (κ1) is 21.0. The molecule has 2 N–H and O–H groups in total. The molecule has 0 unspecified atom stereocenters. The fraction of sp³-hybridized carbons (Fsp3) is 0.120. The lowest BCUT2D eigenvalue weighted by molar-refractivity contribution is 0.0491. The summed E-state index contributed by atoms with van der Waals surface area (Å²) in [5, 5.41) is 4.65. The summed E-state index contributed by atoms with van der Waals surface area (Å²) in [5.74, 6) is 0.612. The van der Waals surface area contributed by atoms with Crippen molar-refractivity contribution in [1.82, 2.24) is 10.4 Å². The number of methoxy groups -OCH3 is 1. The molecule has 0 aliphatic carbocycles. The maximum Gasteiger partial charge on any atom is 0.276 e. The lowest BCUT2D eigenvalue weighted by atomic mass is 10.0. The van der Waals surface area contributed by atoms with E-state index in [9.17, 15) is 9.59 Å². The van der Waals surface area contributed by atoms with Crippen LogP contribution in [0.15, 0.2) is 85.5 Å². The third-order valence-electron chi connectivity index (χ3n) is 5.06. The van der Waals surface area contributed by atoms with Gasteiger partial charge in [0, 0.05) is 11.3 Å². The van der Waals surface area contributed by atoms with Crippen molar-refractivity contribution in [3.8, 4) is 11.5 Å².